The van der Waals surface area contributed by atoms with Crippen molar-refractivity contribution in [3.8, 4) is 5.75 Å². The Bertz CT molecular complexity index is 513. The molecule has 2 aromatic rings. The van der Waals surface area contributed by atoms with Crippen LogP contribution >= 0.6 is 27.3 Å². The third-order valence-electron chi connectivity index (χ3n) is 2.28. The summed E-state index contributed by atoms with van der Waals surface area (Å²) in [6.07, 6.45) is -0.762. The lowest BCUT2D eigenvalue weighted by atomic mass is 10.1. The Hall–Kier alpha value is -0.980. The van der Waals surface area contributed by atoms with Crippen LogP contribution in [-0.4, -0.2) is 11.7 Å². The highest BCUT2D eigenvalue weighted by atomic mass is 79.9. The zero-order valence-electron chi connectivity index (χ0n) is 9.02. The van der Waals surface area contributed by atoms with Gasteiger partial charge in [-0.3, -0.25) is 0 Å². The van der Waals surface area contributed by atoms with Crippen molar-refractivity contribution >= 4 is 27.3 Å². The average Bonchev–Trinajstić information content (AvgIpc) is 2.75. The minimum Gasteiger partial charge on any atom is -0.435 e. The molecule has 1 unspecified atom stereocenters. The quantitative estimate of drug-likeness (QED) is 0.908. The summed E-state index contributed by atoms with van der Waals surface area (Å²) < 4.78 is 29.1. The number of halogens is 3. The summed E-state index contributed by atoms with van der Waals surface area (Å²) in [6, 6.07) is 9.60. The maximum absolute atomic E-state index is 12.0. The van der Waals surface area contributed by atoms with Crippen molar-refractivity contribution in [2.45, 2.75) is 12.7 Å². The van der Waals surface area contributed by atoms with E-state index in [-0.39, 0.29) is 5.75 Å². The fourth-order valence-corrected chi connectivity index (χ4v) is 2.91. The van der Waals surface area contributed by atoms with Crippen LogP contribution in [0.5, 0.6) is 5.75 Å². The minimum atomic E-state index is -2.84. The van der Waals surface area contributed by atoms with Crippen molar-refractivity contribution in [1.82, 2.24) is 0 Å². The monoisotopic (exact) mass is 334 g/mol. The largest absolute Gasteiger partial charge is 0.435 e. The fraction of sp³-hybridized carbons (Fsp3) is 0.167. The lowest BCUT2D eigenvalue weighted by Gasteiger charge is -2.10. The Morgan fingerprint density at radius 3 is 2.28 bits per heavy atom. The van der Waals surface area contributed by atoms with Gasteiger partial charge in [0.15, 0.2) is 0 Å². The molecule has 1 atom stereocenters. The maximum atomic E-state index is 12.0. The van der Waals surface area contributed by atoms with E-state index in [1.807, 2.05) is 12.1 Å². The molecular formula is C12H9BrF2O2S. The molecule has 0 saturated carbocycles. The van der Waals surface area contributed by atoms with E-state index in [4.69, 9.17) is 0 Å². The number of benzene rings is 1. The summed E-state index contributed by atoms with van der Waals surface area (Å²) >= 11 is 4.74. The molecule has 0 aliphatic heterocycles. The normalized spacial score (nSPS) is 12.7. The van der Waals surface area contributed by atoms with Crippen molar-refractivity contribution in [2.24, 2.45) is 0 Å². The van der Waals surface area contributed by atoms with Crippen LogP contribution in [0.15, 0.2) is 40.2 Å². The molecule has 1 aromatic carbocycles. The lowest BCUT2D eigenvalue weighted by molar-refractivity contribution is -0.0498. The van der Waals surface area contributed by atoms with Gasteiger partial charge in [0.25, 0.3) is 0 Å². The molecule has 0 radical (unpaired) electrons. The smallest absolute Gasteiger partial charge is 0.387 e. The van der Waals surface area contributed by atoms with Gasteiger partial charge >= 0.3 is 6.61 Å². The molecule has 96 valence electrons. The zero-order chi connectivity index (χ0) is 13.1. The minimum absolute atomic E-state index is 0.0771. The van der Waals surface area contributed by atoms with E-state index in [9.17, 15) is 13.9 Å². The topological polar surface area (TPSA) is 29.5 Å². The number of hydrogen-bond acceptors (Lipinski definition) is 3. The number of hydrogen-bond donors (Lipinski definition) is 1. The summed E-state index contributed by atoms with van der Waals surface area (Å²) in [4.78, 5) is 0.782. The molecule has 1 heterocycles. The van der Waals surface area contributed by atoms with Crippen molar-refractivity contribution in [2.75, 3.05) is 0 Å². The zero-order valence-corrected chi connectivity index (χ0v) is 11.4. The molecule has 18 heavy (non-hydrogen) atoms. The lowest BCUT2D eigenvalue weighted by Crippen LogP contribution is -2.02. The van der Waals surface area contributed by atoms with Crippen molar-refractivity contribution in [1.29, 1.82) is 0 Å². The van der Waals surface area contributed by atoms with Crippen LogP contribution in [0.1, 0.15) is 16.5 Å². The highest BCUT2D eigenvalue weighted by Gasteiger charge is 2.13. The molecule has 0 aliphatic rings. The van der Waals surface area contributed by atoms with Gasteiger partial charge < -0.3 is 9.84 Å². The Morgan fingerprint density at radius 1 is 1.11 bits per heavy atom. The fourth-order valence-electron chi connectivity index (χ4n) is 1.47. The van der Waals surface area contributed by atoms with Crippen molar-refractivity contribution in [3.05, 3.63) is 50.6 Å². The number of ether oxygens (including phenoxy) is 1. The van der Waals surface area contributed by atoms with Crippen LogP contribution in [0.25, 0.3) is 0 Å². The number of rotatable bonds is 4. The standard InChI is InChI=1S/C12H9BrF2O2S/c13-10-6-5-9(18-10)11(16)7-1-3-8(4-2-7)17-12(14)15/h1-6,11-12,16H. The van der Waals surface area contributed by atoms with Crippen LogP contribution in [-0.2, 0) is 0 Å². The first-order valence-electron chi connectivity index (χ1n) is 5.04. The Morgan fingerprint density at radius 2 is 1.78 bits per heavy atom. The number of thiophene rings is 1. The second kappa shape index (κ2) is 5.77. The summed E-state index contributed by atoms with van der Waals surface area (Å²) in [5.41, 5.74) is 0.631. The van der Waals surface area contributed by atoms with E-state index in [1.54, 1.807) is 12.1 Å². The van der Waals surface area contributed by atoms with Crippen LogP contribution in [0, 0.1) is 0 Å². The Labute approximate surface area is 115 Å². The molecule has 0 spiro atoms. The van der Waals surface area contributed by atoms with Crippen molar-refractivity contribution < 1.29 is 18.6 Å². The van der Waals surface area contributed by atoms with E-state index in [0.717, 1.165) is 8.66 Å². The van der Waals surface area contributed by atoms with Gasteiger partial charge in [0, 0.05) is 4.88 Å². The molecule has 0 saturated heterocycles. The first-order valence-corrected chi connectivity index (χ1v) is 6.65. The van der Waals surface area contributed by atoms with Gasteiger partial charge in [-0.15, -0.1) is 11.3 Å². The predicted molar refractivity (Wildman–Crippen MR) is 69.2 cm³/mol. The summed E-state index contributed by atoms with van der Waals surface area (Å²) in [5.74, 6) is 0.0771. The Kier molecular flexibility index (Phi) is 4.31. The molecule has 0 bridgehead atoms. The molecule has 6 heteroatoms. The van der Waals surface area contributed by atoms with Crippen LogP contribution in [0.3, 0.4) is 0 Å². The van der Waals surface area contributed by atoms with E-state index in [2.05, 4.69) is 20.7 Å². The molecule has 0 aliphatic carbocycles. The second-order valence-corrected chi connectivity index (χ2v) is 5.99. The number of aliphatic hydroxyl groups excluding tert-OH is 1. The highest BCUT2D eigenvalue weighted by molar-refractivity contribution is 9.11. The van der Waals surface area contributed by atoms with E-state index in [0.29, 0.717) is 5.56 Å². The van der Waals surface area contributed by atoms with Crippen molar-refractivity contribution in [3.63, 3.8) is 0 Å². The van der Waals surface area contributed by atoms with E-state index >= 15 is 0 Å². The third kappa shape index (κ3) is 3.28. The summed E-state index contributed by atoms with van der Waals surface area (Å²) in [5, 5.41) is 10.1. The van der Waals surface area contributed by atoms with Crippen LogP contribution < -0.4 is 4.74 Å². The molecule has 2 nitrogen and oxygen atoms in total. The van der Waals surface area contributed by atoms with Gasteiger partial charge in [0.1, 0.15) is 11.9 Å². The molecule has 2 rings (SSSR count). The van der Waals surface area contributed by atoms with Gasteiger partial charge in [-0.25, -0.2) is 0 Å². The van der Waals surface area contributed by atoms with Gasteiger partial charge in [-0.2, -0.15) is 8.78 Å². The van der Waals surface area contributed by atoms with Gasteiger partial charge in [0.2, 0.25) is 0 Å². The average molecular weight is 335 g/mol. The highest BCUT2D eigenvalue weighted by Crippen LogP contribution is 2.31. The Balaban J connectivity index is 2.14. The third-order valence-corrected chi connectivity index (χ3v) is 3.96. The SMILES string of the molecule is OC(c1ccc(OC(F)F)cc1)c1ccc(Br)s1. The predicted octanol–water partition coefficient (Wildman–Crippen LogP) is 4.19. The molecule has 1 N–H and O–H groups in total. The summed E-state index contributed by atoms with van der Waals surface area (Å²) in [7, 11) is 0. The number of alkyl halides is 2. The van der Waals surface area contributed by atoms with E-state index < -0.39 is 12.7 Å². The van der Waals surface area contributed by atoms with Gasteiger partial charge in [-0.05, 0) is 45.8 Å². The van der Waals surface area contributed by atoms with Gasteiger partial charge in [-0.1, -0.05) is 12.1 Å². The molecule has 0 fully saturated rings. The number of aliphatic hydroxyl groups is 1. The second-order valence-electron chi connectivity index (χ2n) is 3.49. The summed E-state index contributed by atoms with van der Waals surface area (Å²) in [6.45, 7) is -2.84. The molecule has 1 aromatic heterocycles. The van der Waals surface area contributed by atoms with Crippen LogP contribution in [0.2, 0.25) is 0 Å². The van der Waals surface area contributed by atoms with E-state index in [1.165, 1.54) is 23.5 Å². The first-order chi connectivity index (χ1) is 8.56. The first kappa shape index (κ1) is 13.5. The molecular weight excluding hydrogens is 326 g/mol. The molecule has 0 amide bonds. The maximum Gasteiger partial charge on any atom is 0.387 e. The van der Waals surface area contributed by atoms with Gasteiger partial charge in [0.05, 0.1) is 3.79 Å². The van der Waals surface area contributed by atoms with Crippen LogP contribution in [0.4, 0.5) is 8.78 Å².